The number of aromatic amines is 1. The van der Waals surface area contributed by atoms with Crippen LogP contribution in [0.15, 0.2) is 29.1 Å². The minimum Gasteiger partial charge on any atom is -0.310 e. The first-order valence-corrected chi connectivity index (χ1v) is 7.09. The van der Waals surface area contributed by atoms with Gasteiger partial charge in [0.2, 0.25) is 0 Å². The van der Waals surface area contributed by atoms with E-state index in [1.807, 2.05) is 0 Å². The molecule has 106 valence electrons. The summed E-state index contributed by atoms with van der Waals surface area (Å²) in [4.78, 5) is 19.1. The van der Waals surface area contributed by atoms with E-state index in [0.717, 1.165) is 17.9 Å². The first kappa shape index (κ1) is 14.5. The van der Waals surface area contributed by atoms with Crippen LogP contribution in [0, 0.1) is 19.8 Å². The third-order valence-electron chi connectivity index (χ3n) is 3.40. The van der Waals surface area contributed by atoms with Gasteiger partial charge in [0.15, 0.2) is 0 Å². The van der Waals surface area contributed by atoms with Gasteiger partial charge in [0.25, 0.3) is 5.56 Å². The summed E-state index contributed by atoms with van der Waals surface area (Å²) in [7, 11) is 0. The summed E-state index contributed by atoms with van der Waals surface area (Å²) >= 11 is 0. The van der Waals surface area contributed by atoms with Crippen molar-refractivity contribution >= 4 is 0 Å². The molecule has 0 fully saturated rings. The van der Waals surface area contributed by atoms with Crippen LogP contribution < -0.4 is 5.56 Å². The Morgan fingerprint density at radius 3 is 2.55 bits per heavy atom. The Balaban J connectivity index is 2.26. The summed E-state index contributed by atoms with van der Waals surface area (Å²) in [6, 6.07) is 7.96. The van der Waals surface area contributed by atoms with Gasteiger partial charge >= 0.3 is 0 Å². The van der Waals surface area contributed by atoms with Gasteiger partial charge in [-0.05, 0) is 42.9 Å². The topological polar surface area (TPSA) is 45.8 Å². The number of aryl methyl sites for hydroxylation is 2. The van der Waals surface area contributed by atoms with Crippen LogP contribution in [0.5, 0.6) is 0 Å². The van der Waals surface area contributed by atoms with E-state index >= 15 is 0 Å². The summed E-state index contributed by atoms with van der Waals surface area (Å²) in [5.41, 5.74) is 4.54. The van der Waals surface area contributed by atoms with Crippen molar-refractivity contribution in [2.45, 2.75) is 40.5 Å². The van der Waals surface area contributed by atoms with Gasteiger partial charge in [-0.15, -0.1) is 0 Å². The number of aromatic nitrogens is 2. The minimum atomic E-state index is -0.0607. The Bertz CT molecular complexity index is 656. The van der Waals surface area contributed by atoms with Crippen molar-refractivity contribution in [2.24, 2.45) is 5.92 Å². The maximum Gasteiger partial charge on any atom is 0.251 e. The molecular weight excluding hydrogens is 248 g/mol. The van der Waals surface area contributed by atoms with E-state index in [4.69, 9.17) is 0 Å². The van der Waals surface area contributed by atoms with Crippen LogP contribution in [0.1, 0.15) is 42.1 Å². The van der Waals surface area contributed by atoms with Gasteiger partial charge in [0, 0.05) is 18.2 Å². The van der Waals surface area contributed by atoms with Crippen LogP contribution in [-0.2, 0) is 12.8 Å². The predicted molar refractivity (Wildman–Crippen MR) is 82.1 cm³/mol. The van der Waals surface area contributed by atoms with E-state index in [-0.39, 0.29) is 5.56 Å². The Labute approximate surface area is 120 Å². The van der Waals surface area contributed by atoms with Crippen molar-refractivity contribution in [3.8, 4) is 0 Å². The van der Waals surface area contributed by atoms with Crippen LogP contribution in [-0.4, -0.2) is 9.97 Å². The molecule has 1 aromatic carbocycles. The zero-order valence-electron chi connectivity index (χ0n) is 12.7. The maximum atomic E-state index is 11.7. The Morgan fingerprint density at radius 2 is 1.90 bits per heavy atom. The van der Waals surface area contributed by atoms with E-state index < -0.39 is 0 Å². The molecule has 0 unspecified atom stereocenters. The first-order valence-electron chi connectivity index (χ1n) is 7.09. The van der Waals surface area contributed by atoms with Crippen LogP contribution in [0.25, 0.3) is 0 Å². The number of hydrogen-bond donors (Lipinski definition) is 1. The SMILES string of the molecule is Cc1ccc(Cc2nc(CC(C)C)cc(=O)[nH]2)cc1C. The highest BCUT2D eigenvalue weighted by molar-refractivity contribution is 5.31. The van der Waals surface area contributed by atoms with Gasteiger partial charge in [-0.2, -0.15) is 0 Å². The molecule has 1 N–H and O–H groups in total. The normalized spacial score (nSPS) is 11.1. The molecule has 0 aliphatic rings. The molecule has 1 heterocycles. The van der Waals surface area contributed by atoms with Crippen molar-refractivity contribution in [1.29, 1.82) is 0 Å². The average Bonchev–Trinajstić information content (AvgIpc) is 2.32. The van der Waals surface area contributed by atoms with Crippen molar-refractivity contribution in [3.63, 3.8) is 0 Å². The van der Waals surface area contributed by atoms with Crippen LogP contribution in [0.2, 0.25) is 0 Å². The molecule has 0 aliphatic carbocycles. The molecule has 0 bridgehead atoms. The van der Waals surface area contributed by atoms with E-state index in [0.29, 0.717) is 12.3 Å². The summed E-state index contributed by atoms with van der Waals surface area (Å²) in [6.45, 7) is 8.46. The third-order valence-corrected chi connectivity index (χ3v) is 3.40. The van der Waals surface area contributed by atoms with Gasteiger partial charge in [-0.1, -0.05) is 32.0 Å². The lowest BCUT2D eigenvalue weighted by molar-refractivity contribution is 0.629. The number of rotatable bonds is 4. The zero-order chi connectivity index (χ0) is 14.7. The molecule has 0 radical (unpaired) electrons. The lowest BCUT2D eigenvalue weighted by Gasteiger charge is -2.08. The van der Waals surface area contributed by atoms with Crippen molar-refractivity contribution in [3.05, 3.63) is 62.8 Å². The van der Waals surface area contributed by atoms with E-state index in [9.17, 15) is 4.79 Å². The number of benzene rings is 1. The number of nitrogens with zero attached hydrogens (tertiary/aromatic N) is 1. The van der Waals surface area contributed by atoms with E-state index in [2.05, 4.69) is 55.9 Å². The van der Waals surface area contributed by atoms with E-state index in [1.165, 1.54) is 16.7 Å². The third kappa shape index (κ3) is 3.80. The van der Waals surface area contributed by atoms with Crippen LogP contribution >= 0.6 is 0 Å². The molecule has 0 aliphatic heterocycles. The lowest BCUT2D eigenvalue weighted by atomic mass is 10.0. The second-order valence-corrected chi connectivity index (χ2v) is 5.88. The Kier molecular flexibility index (Phi) is 4.38. The molecule has 2 rings (SSSR count). The molecule has 0 saturated heterocycles. The fraction of sp³-hybridized carbons (Fsp3) is 0.412. The van der Waals surface area contributed by atoms with E-state index in [1.54, 1.807) is 6.07 Å². The molecule has 3 nitrogen and oxygen atoms in total. The largest absolute Gasteiger partial charge is 0.310 e. The minimum absolute atomic E-state index is 0.0607. The lowest BCUT2D eigenvalue weighted by Crippen LogP contribution is -2.14. The highest BCUT2D eigenvalue weighted by Crippen LogP contribution is 2.12. The van der Waals surface area contributed by atoms with Gasteiger partial charge in [-0.25, -0.2) is 4.98 Å². The van der Waals surface area contributed by atoms with Gasteiger partial charge in [0.05, 0.1) is 0 Å². The van der Waals surface area contributed by atoms with Crippen molar-refractivity contribution < 1.29 is 0 Å². The highest BCUT2D eigenvalue weighted by Gasteiger charge is 2.05. The van der Waals surface area contributed by atoms with Gasteiger partial charge in [0.1, 0.15) is 5.82 Å². The Morgan fingerprint density at radius 1 is 1.15 bits per heavy atom. The van der Waals surface area contributed by atoms with Gasteiger partial charge < -0.3 is 4.98 Å². The quantitative estimate of drug-likeness (QED) is 0.927. The number of H-pyrrole nitrogens is 1. The molecule has 20 heavy (non-hydrogen) atoms. The Hall–Kier alpha value is -1.90. The van der Waals surface area contributed by atoms with Crippen LogP contribution in [0.3, 0.4) is 0 Å². The fourth-order valence-electron chi connectivity index (χ4n) is 2.28. The number of hydrogen-bond acceptors (Lipinski definition) is 2. The average molecular weight is 270 g/mol. The maximum absolute atomic E-state index is 11.7. The smallest absolute Gasteiger partial charge is 0.251 e. The molecule has 0 atom stereocenters. The van der Waals surface area contributed by atoms with Crippen molar-refractivity contribution in [2.75, 3.05) is 0 Å². The van der Waals surface area contributed by atoms with Crippen molar-refractivity contribution in [1.82, 2.24) is 9.97 Å². The standard InChI is InChI=1S/C17H22N2O/c1-11(2)7-15-10-17(20)19-16(18-15)9-14-6-5-12(3)13(4)8-14/h5-6,8,10-11H,7,9H2,1-4H3,(H,18,19,20). The summed E-state index contributed by atoms with van der Waals surface area (Å²) in [5.74, 6) is 1.25. The summed E-state index contributed by atoms with van der Waals surface area (Å²) in [5, 5.41) is 0. The molecule has 3 heteroatoms. The molecule has 0 amide bonds. The summed E-state index contributed by atoms with van der Waals surface area (Å²) in [6.07, 6.45) is 1.51. The molecule has 0 spiro atoms. The second-order valence-electron chi connectivity index (χ2n) is 5.88. The predicted octanol–water partition coefficient (Wildman–Crippen LogP) is 3.18. The molecular formula is C17H22N2O. The molecule has 1 aromatic heterocycles. The highest BCUT2D eigenvalue weighted by atomic mass is 16.1. The number of nitrogens with one attached hydrogen (secondary N) is 1. The fourth-order valence-corrected chi connectivity index (χ4v) is 2.28. The molecule has 2 aromatic rings. The zero-order valence-corrected chi connectivity index (χ0v) is 12.7. The van der Waals surface area contributed by atoms with Crippen LogP contribution in [0.4, 0.5) is 0 Å². The second kappa shape index (κ2) is 6.04. The first-order chi connectivity index (χ1) is 9.44. The summed E-state index contributed by atoms with van der Waals surface area (Å²) < 4.78 is 0. The molecule has 0 saturated carbocycles. The van der Waals surface area contributed by atoms with Gasteiger partial charge in [-0.3, -0.25) is 4.79 Å². The monoisotopic (exact) mass is 270 g/mol.